The molecule has 24 heavy (non-hydrogen) atoms. The molecule has 1 aliphatic heterocycles. The van der Waals surface area contributed by atoms with Crippen LogP contribution in [0.4, 0.5) is 15.9 Å². The van der Waals surface area contributed by atoms with Gasteiger partial charge < -0.3 is 14.8 Å². The number of nitrogens with zero attached hydrogens (tertiary/aromatic N) is 2. The second-order valence-corrected chi connectivity index (χ2v) is 5.88. The Labute approximate surface area is 142 Å². The normalized spacial score (nSPS) is 13.1. The Balaban J connectivity index is 1.82. The number of aromatic nitrogens is 2. The van der Waals surface area contributed by atoms with Crippen molar-refractivity contribution in [1.82, 2.24) is 9.97 Å². The van der Waals surface area contributed by atoms with Crippen molar-refractivity contribution in [1.29, 1.82) is 0 Å². The van der Waals surface area contributed by atoms with Gasteiger partial charge >= 0.3 is 0 Å². The first-order valence-electron chi connectivity index (χ1n) is 7.39. The number of anilines is 2. The van der Waals surface area contributed by atoms with Gasteiger partial charge in [-0.25, -0.2) is 14.4 Å². The zero-order valence-electron chi connectivity index (χ0n) is 12.8. The summed E-state index contributed by atoms with van der Waals surface area (Å²) in [5, 5.41) is 3.76. The van der Waals surface area contributed by atoms with Crippen LogP contribution >= 0.6 is 11.6 Å². The number of nitrogens with one attached hydrogen (secondary N) is 1. The van der Waals surface area contributed by atoms with Crippen molar-refractivity contribution in [2.24, 2.45) is 0 Å². The second kappa shape index (κ2) is 5.79. The van der Waals surface area contributed by atoms with Gasteiger partial charge in [-0.2, -0.15) is 0 Å². The van der Waals surface area contributed by atoms with Crippen LogP contribution in [0.5, 0.6) is 11.5 Å². The molecule has 0 unspecified atom stereocenters. The van der Waals surface area contributed by atoms with Gasteiger partial charge in [-0.15, -0.1) is 0 Å². The van der Waals surface area contributed by atoms with Gasteiger partial charge in [0.1, 0.15) is 25.4 Å². The molecule has 4 rings (SSSR count). The Morgan fingerprint density at radius 1 is 1.08 bits per heavy atom. The first-order chi connectivity index (χ1) is 11.6. The van der Waals surface area contributed by atoms with E-state index < -0.39 is 5.82 Å². The third-order valence-electron chi connectivity index (χ3n) is 3.72. The molecule has 0 radical (unpaired) electrons. The van der Waals surface area contributed by atoms with Crippen LogP contribution in [-0.2, 0) is 0 Å². The summed E-state index contributed by atoms with van der Waals surface area (Å²) in [6, 6.07) is 6.83. The van der Waals surface area contributed by atoms with Gasteiger partial charge in [0.25, 0.3) is 0 Å². The summed E-state index contributed by atoms with van der Waals surface area (Å²) in [6.07, 6.45) is 1.41. The van der Waals surface area contributed by atoms with Crippen molar-refractivity contribution in [3.63, 3.8) is 0 Å². The largest absolute Gasteiger partial charge is 0.486 e. The van der Waals surface area contributed by atoms with Gasteiger partial charge in [-0.1, -0.05) is 11.6 Å². The maximum absolute atomic E-state index is 14.3. The van der Waals surface area contributed by atoms with E-state index in [1.165, 1.54) is 6.33 Å². The van der Waals surface area contributed by atoms with E-state index >= 15 is 0 Å². The SMILES string of the molecule is Cc1cc(Cl)c(F)c(Nc2ncnc3cc4c(cc23)OCCO4)c1. The molecule has 1 aromatic heterocycles. The van der Waals surface area contributed by atoms with E-state index in [1.54, 1.807) is 24.3 Å². The van der Waals surface area contributed by atoms with Crippen LogP contribution in [0.3, 0.4) is 0 Å². The fourth-order valence-electron chi connectivity index (χ4n) is 2.64. The van der Waals surface area contributed by atoms with Crippen LogP contribution in [0.25, 0.3) is 10.9 Å². The standard InChI is InChI=1S/C17H13ClFN3O2/c1-9-4-11(18)16(19)13(5-9)22-17-10-6-14-15(24-3-2-23-14)7-12(10)20-8-21-17/h4-8H,2-3H2,1H3,(H,20,21,22). The summed E-state index contributed by atoms with van der Waals surface area (Å²) in [7, 11) is 0. The Bertz CT molecular complexity index is 949. The summed E-state index contributed by atoms with van der Waals surface area (Å²) >= 11 is 5.91. The predicted molar refractivity (Wildman–Crippen MR) is 90.0 cm³/mol. The molecule has 0 saturated heterocycles. The molecular formula is C17H13ClFN3O2. The number of benzene rings is 2. The van der Waals surface area contributed by atoms with Crippen LogP contribution in [0.15, 0.2) is 30.6 Å². The van der Waals surface area contributed by atoms with Gasteiger partial charge in [-0.3, -0.25) is 0 Å². The molecule has 0 atom stereocenters. The summed E-state index contributed by atoms with van der Waals surface area (Å²) in [5.41, 5.74) is 1.78. The first kappa shape index (κ1) is 15.0. The van der Waals surface area contributed by atoms with Crippen LogP contribution in [0.1, 0.15) is 5.56 Å². The number of rotatable bonds is 2. The van der Waals surface area contributed by atoms with Gasteiger partial charge in [0.05, 0.1) is 16.2 Å². The molecular weight excluding hydrogens is 333 g/mol. The van der Waals surface area contributed by atoms with Crippen molar-refractivity contribution in [2.45, 2.75) is 6.92 Å². The molecule has 1 N–H and O–H groups in total. The molecule has 0 bridgehead atoms. The van der Waals surface area contributed by atoms with E-state index in [0.717, 1.165) is 5.56 Å². The van der Waals surface area contributed by atoms with E-state index in [9.17, 15) is 4.39 Å². The number of aryl methyl sites for hydroxylation is 1. The minimum Gasteiger partial charge on any atom is -0.486 e. The number of fused-ring (bicyclic) bond motifs is 2. The third kappa shape index (κ3) is 2.59. The van der Waals surface area contributed by atoms with E-state index in [2.05, 4.69) is 15.3 Å². The molecule has 0 saturated carbocycles. The number of halogens is 2. The summed E-state index contributed by atoms with van der Waals surface area (Å²) < 4.78 is 25.4. The van der Waals surface area contributed by atoms with Crippen molar-refractivity contribution >= 4 is 34.0 Å². The van der Waals surface area contributed by atoms with Crippen LogP contribution in [0, 0.1) is 12.7 Å². The Kier molecular flexibility index (Phi) is 3.61. The maximum Gasteiger partial charge on any atom is 0.165 e. The summed E-state index contributed by atoms with van der Waals surface area (Å²) in [4.78, 5) is 8.47. The number of hydrogen-bond donors (Lipinski definition) is 1. The molecule has 3 aromatic rings. The average molecular weight is 346 g/mol. The van der Waals surface area contributed by atoms with E-state index in [-0.39, 0.29) is 10.7 Å². The molecule has 0 fully saturated rings. The van der Waals surface area contributed by atoms with Crippen molar-refractivity contribution < 1.29 is 13.9 Å². The highest BCUT2D eigenvalue weighted by Gasteiger charge is 2.16. The highest BCUT2D eigenvalue weighted by Crippen LogP contribution is 2.37. The van der Waals surface area contributed by atoms with E-state index in [4.69, 9.17) is 21.1 Å². The Morgan fingerprint density at radius 3 is 2.62 bits per heavy atom. The highest BCUT2D eigenvalue weighted by atomic mass is 35.5. The lowest BCUT2D eigenvalue weighted by molar-refractivity contribution is 0.172. The molecule has 2 heterocycles. The lowest BCUT2D eigenvalue weighted by Gasteiger charge is -2.19. The second-order valence-electron chi connectivity index (χ2n) is 5.47. The number of ether oxygens (including phenoxy) is 2. The molecule has 5 nitrogen and oxygen atoms in total. The molecule has 0 amide bonds. The molecule has 0 spiro atoms. The smallest absolute Gasteiger partial charge is 0.165 e. The summed E-state index contributed by atoms with van der Waals surface area (Å²) in [6.45, 7) is 2.83. The topological polar surface area (TPSA) is 56.3 Å². The quantitative estimate of drug-likeness (QED) is 0.752. The fraction of sp³-hybridized carbons (Fsp3) is 0.176. The maximum atomic E-state index is 14.3. The molecule has 2 aromatic carbocycles. The molecule has 122 valence electrons. The molecule has 0 aliphatic carbocycles. The van der Waals surface area contributed by atoms with Crippen molar-refractivity contribution in [3.05, 3.63) is 47.0 Å². The lowest BCUT2D eigenvalue weighted by atomic mass is 10.1. The van der Waals surface area contributed by atoms with Gasteiger partial charge in [0.15, 0.2) is 17.3 Å². The van der Waals surface area contributed by atoms with E-state index in [0.29, 0.717) is 41.4 Å². The number of hydrogen-bond acceptors (Lipinski definition) is 5. The zero-order chi connectivity index (χ0) is 16.7. The first-order valence-corrected chi connectivity index (χ1v) is 7.76. The van der Waals surface area contributed by atoms with Gasteiger partial charge in [0, 0.05) is 11.5 Å². The lowest BCUT2D eigenvalue weighted by Crippen LogP contribution is -2.15. The predicted octanol–water partition coefficient (Wildman–Crippen LogP) is 4.25. The van der Waals surface area contributed by atoms with Gasteiger partial charge in [0.2, 0.25) is 0 Å². The van der Waals surface area contributed by atoms with Crippen molar-refractivity contribution in [2.75, 3.05) is 18.5 Å². The Hall–Kier alpha value is -2.60. The Morgan fingerprint density at radius 2 is 1.83 bits per heavy atom. The van der Waals surface area contributed by atoms with Gasteiger partial charge in [-0.05, 0) is 30.7 Å². The van der Waals surface area contributed by atoms with Crippen LogP contribution < -0.4 is 14.8 Å². The van der Waals surface area contributed by atoms with Crippen LogP contribution in [-0.4, -0.2) is 23.2 Å². The average Bonchev–Trinajstić information content (AvgIpc) is 2.58. The van der Waals surface area contributed by atoms with Crippen molar-refractivity contribution in [3.8, 4) is 11.5 Å². The minimum absolute atomic E-state index is 0.0602. The molecule has 1 aliphatic rings. The van der Waals surface area contributed by atoms with E-state index in [1.807, 2.05) is 6.92 Å². The third-order valence-corrected chi connectivity index (χ3v) is 4.00. The summed E-state index contributed by atoms with van der Waals surface area (Å²) in [5.74, 6) is 1.21. The minimum atomic E-state index is -0.522. The monoisotopic (exact) mass is 345 g/mol. The highest BCUT2D eigenvalue weighted by molar-refractivity contribution is 6.31. The van der Waals surface area contributed by atoms with Crippen LogP contribution in [0.2, 0.25) is 5.02 Å². The molecule has 7 heteroatoms. The fourth-order valence-corrected chi connectivity index (χ4v) is 2.91. The zero-order valence-corrected chi connectivity index (χ0v) is 13.5.